The molecule has 0 aliphatic rings. The zero-order chi connectivity index (χ0) is 14.4. The standard InChI is InChI=1S/C16H16BrNO2/c17-14-8-6-13(7-9-14)15(10-16(19)20)18-11-12-4-2-1-3-5-12/h1-9,15,18H,10-11H2,(H,19,20)/t15-/m0/s1. The predicted octanol–water partition coefficient (Wildman–Crippen LogP) is 3.75. The second kappa shape index (κ2) is 7.22. The highest BCUT2D eigenvalue weighted by Crippen LogP contribution is 2.20. The van der Waals surface area contributed by atoms with Gasteiger partial charge in [-0.25, -0.2) is 0 Å². The van der Waals surface area contributed by atoms with E-state index in [0.717, 1.165) is 15.6 Å². The Hall–Kier alpha value is -1.65. The van der Waals surface area contributed by atoms with Crippen LogP contribution in [0.3, 0.4) is 0 Å². The van der Waals surface area contributed by atoms with E-state index in [4.69, 9.17) is 5.11 Å². The highest BCUT2D eigenvalue weighted by atomic mass is 79.9. The van der Waals surface area contributed by atoms with Crippen molar-refractivity contribution in [2.24, 2.45) is 0 Å². The molecule has 3 nitrogen and oxygen atoms in total. The Bertz CT molecular complexity index is 554. The molecule has 0 saturated carbocycles. The third-order valence-electron chi connectivity index (χ3n) is 3.05. The lowest BCUT2D eigenvalue weighted by molar-refractivity contribution is -0.137. The molecule has 20 heavy (non-hydrogen) atoms. The van der Waals surface area contributed by atoms with Crippen LogP contribution in [0.4, 0.5) is 0 Å². The Morgan fingerprint density at radius 3 is 2.35 bits per heavy atom. The molecule has 4 heteroatoms. The first-order chi connectivity index (χ1) is 9.65. The highest BCUT2D eigenvalue weighted by molar-refractivity contribution is 9.10. The predicted molar refractivity (Wildman–Crippen MR) is 82.4 cm³/mol. The van der Waals surface area contributed by atoms with Gasteiger partial charge in [-0.2, -0.15) is 0 Å². The summed E-state index contributed by atoms with van der Waals surface area (Å²) >= 11 is 3.38. The van der Waals surface area contributed by atoms with Gasteiger partial charge in [0.05, 0.1) is 6.42 Å². The van der Waals surface area contributed by atoms with Crippen LogP contribution in [0.15, 0.2) is 59.1 Å². The Morgan fingerprint density at radius 1 is 1.10 bits per heavy atom. The van der Waals surface area contributed by atoms with Crippen molar-refractivity contribution in [2.45, 2.75) is 19.0 Å². The average molecular weight is 334 g/mol. The van der Waals surface area contributed by atoms with E-state index in [1.807, 2.05) is 54.6 Å². The number of aliphatic carboxylic acids is 1. The molecule has 0 amide bonds. The molecule has 2 aromatic rings. The van der Waals surface area contributed by atoms with Gasteiger partial charge < -0.3 is 10.4 Å². The third-order valence-corrected chi connectivity index (χ3v) is 3.58. The van der Waals surface area contributed by atoms with Gasteiger partial charge in [0.15, 0.2) is 0 Å². The molecule has 0 bridgehead atoms. The summed E-state index contributed by atoms with van der Waals surface area (Å²) in [4.78, 5) is 11.0. The molecule has 2 N–H and O–H groups in total. The van der Waals surface area contributed by atoms with Gasteiger partial charge >= 0.3 is 5.97 Å². The number of carbonyl (C=O) groups is 1. The van der Waals surface area contributed by atoms with Crippen LogP contribution in [0.1, 0.15) is 23.6 Å². The first-order valence-corrected chi connectivity index (χ1v) is 7.19. The van der Waals surface area contributed by atoms with Gasteiger partial charge in [0.2, 0.25) is 0 Å². The van der Waals surface area contributed by atoms with E-state index in [1.165, 1.54) is 0 Å². The molecule has 0 aliphatic carbocycles. The molecule has 2 aromatic carbocycles. The van der Waals surface area contributed by atoms with E-state index in [-0.39, 0.29) is 12.5 Å². The van der Waals surface area contributed by atoms with Crippen molar-refractivity contribution in [1.82, 2.24) is 5.32 Å². The van der Waals surface area contributed by atoms with Crippen LogP contribution in [-0.2, 0) is 11.3 Å². The fourth-order valence-corrected chi connectivity index (χ4v) is 2.28. The first kappa shape index (κ1) is 14.8. The summed E-state index contributed by atoms with van der Waals surface area (Å²) in [7, 11) is 0. The Kier molecular flexibility index (Phi) is 5.32. The summed E-state index contributed by atoms with van der Waals surface area (Å²) < 4.78 is 0.985. The van der Waals surface area contributed by atoms with Crippen LogP contribution in [0.25, 0.3) is 0 Å². The molecular formula is C16H16BrNO2. The number of carboxylic acids is 1. The van der Waals surface area contributed by atoms with Gasteiger partial charge in [0, 0.05) is 17.1 Å². The van der Waals surface area contributed by atoms with Crippen LogP contribution in [0, 0.1) is 0 Å². The summed E-state index contributed by atoms with van der Waals surface area (Å²) in [5.74, 6) is -0.807. The molecule has 104 valence electrons. The SMILES string of the molecule is O=C(O)C[C@H](NCc1ccccc1)c1ccc(Br)cc1. The number of halogens is 1. The topological polar surface area (TPSA) is 49.3 Å². The maximum atomic E-state index is 11.0. The molecule has 0 radical (unpaired) electrons. The largest absolute Gasteiger partial charge is 0.481 e. The molecular weight excluding hydrogens is 318 g/mol. The second-order valence-corrected chi connectivity index (χ2v) is 5.48. The van der Waals surface area contributed by atoms with Crippen molar-refractivity contribution in [3.63, 3.8) is 0 Å². The maximum absolute atomic E-state index is 11.0. The molecule has 0 spiro atoms. The van der Waals surface area contributed by atoms with Crippen molar-refractivity contribution in [3.8, 4) is 0 Å². The van der Waals surface area contributed by atoms with Crippen molar-refractivity contribution in [1.29, 1.82) is 0 Å². The molecule has 2 rings (SSSR count). The van der Waals surface area contributed by atoms with E-state index in [0.29, 0.717) is 6.54 Å². The van der Waals surface area contributed by atoms with Crippen LogP contribution < -0.4 is 5.32 Å². The van der Waals surface area contributed by atoms with E-state index in [9.17, 15) is 4.79 Å². The summed E-state index contributed by atoms with van der Waals surface area (Å²) in [5.41, 5.74) is 2.12. The smallest absolute Gasteiger partial charge is 0.305 e. The fraction of sp³-hybridized carbons (Fsp3) is 0.188. The summed E-state index contributed by atoms with van der Waals surface area (Å²) in [6, 6.07) is 17.5. The van der Waals surface area contributed by atoms with Gasteiger partial charge in [-0.1, -0.05) is 58.4 Å². The van der Waals surface area contributed by atoms with Gasteiger partial charge in [-0.05, 0) is 23.3 Å². The van der Waals surface area contributed by atoms with Gasteiger partial charge in [-0.3, -0.25) is 4.79 Å². The number of hydrogen-bond donors (Lipinski definition) is 2. The molecule has 0 saturated heterocycles. The number of rotatable bonds is 6. The van der Waals surface area contributed by atoms with Crippen LogP contribution in [0.5, 0.6) is 0 Å². The molecule has 0 fully saturated rings. The van der Waals surface area contributed by atoms with Crippen molar-refractivity contribution in [3.05, 3.63) is 70.2 Å². The van der Waals surface area contributed by atoms with Gasteiger partial charge in [0.25, 0.3) is 0 Å². The zero-order valence-electron chi connectivity index (χ0n) is 10.9. The average Bonchev–Trinajstić information content (AvgIpc) is 2.45. The number of nitrogens with one attached hydrogen (secondary N) is 1. The van der Waals surface area contributed by atoms with Crippen molar-refractivity contribution >= 4 is 21.9 Å². The van der Waals surface area contributed by atoms with E-state index in [1.54, 1.807) is 0 Å². The van der Waals surface area contributed by atoms with Gasteiger partial charge in [-0.15, -0.1) is 0 Å². The van der Waals surface area contributed by atoms with Crippen molar-refractivity contribution in [2.75, 3.05) is 0 Å². The number of carboxylic acid groups (broad SMARTS) is 1. The molecule has 1 atom stereocenters. The quantitative estimate of drug-likeness (QED) is 0.846. The van der Waals surface area contributed by atoms with E-state index in [2.05, 4.69) is 21.2 Å². The highest BCUT2D eigenvalue weighted by Gasteiger charge is 2.14. The maximum Gasteiger partial charge on any atom is 0.305 e. The minimum Gasteiger partial charge on any atom is -0.481 e. The molecule has 0 unspecified atom stereocenters. The lowest BCUT2D eigenvalue weighted by atomic mass is 10.0. The number of hydrogen-bond acceptors (Lipinski definition) is 2. The van der Waals surface area contributed by atoms with Crippen LogP contribution in [0.2, 0.25) is 0 Å². The zero-order valence-corrected chi connectivity index (χ0v) is 12.5. The molecule has 0 aliphatic heterocycles. The lowest BCUT2D eigenvalue weighted by Gasteiger charge is -2.17. The summed E-state index contributed by atoms with van der Waals surface area (Å²) in [6.07, 6.45) is 0.0640. The normalized spacial score (nSPS) is 12.1. The molecule has 0 heterocycles. The Labute approximate surface area is 126 Å². The molecule has 0 aromatic heterocycles. The van der Waals surface area contributed by atoms with Crippen LogP contribution >= 0.6 is 15.9 Å². The van der Waals surface area contributed by atoms with Crippen LogP contribution in [-0.4, -0.2) is 11.1 Å². The minimum atomic E-state index is -0.807. The van der Waals surface area contributed by atoms with E-state index >= 15 is 0 Å². The van der Waals surface area contributed by atoms with Gasteiger partial charge in [0.1, 0.15) is 0 Å². The van der Waals surface area contributed by atoms with Crippen molar-refractivity contribution < 1.29 is 9.90 Å². The van der Waals surface area contributed by atoms with E-state index < -0.39 is 5.97 Å². The first-order valence-electron chi connectivity index (χ1n) is 6.40. The monoisotopic (exact) mass is 333 g/mol. The summed E-state index contributed by atoms with van der Waals surface area (Å²) in [6.45, 7) is 0.648. The Morgan fingerprint density at radius 2 is 1.75 bits per heavy atom. The fourth-order valence-electron chi connectivity index (χ4n) is 2.01. The Balaban J connectivity index is 2.07. The second-order valence-electron chi connectivity index (χ2n) is 4.57. The lowest BCUT2D eigenvalue weighted by Crippen LogP contribution is -2.23. The summed E-state index contributed by atoms with van der Waals surface area (Å²) in [5, 5.41) is 12.4. The number of benzene rings is 2. The minimum absolute atomic E-state index is 0.0640. The third kappa shape index (κ3) is 4.47.